The molecule has 110 valence electrons. The van der Waals surface area contributed by atoms with Crippen LogP contribution in [0.25, 0.3) is 0 Å². The molecular weight excluding hydrogens is 244 g/mol. The van der Waals surface area contributed by atoms with Crippen LogP contribution in [0, 0.1) is 11.8 Å². The third-order valence-electron chi connectivity index (χ3n) is 4.70. The molecule has 0 unspecified atom stereocenters. The molecule has 1 fully saturated rings. The van der Waals surface area contributed by atoms with Crippen LogP contribution in [0.3, 0.4) is 0 Å². The molecule has 0 spiro atoms. The third-order valence-corrected chi connectivity index (χ3v) is 4.70. The van der Waals surface area contributed by atoms with Crippen LogP contribution in [0.4, 0.5) is 0 Å². The Bertz CT molecular complexity index is 365. The largest absolute Gasteiger partial charge is 0.390 e. The van der Waals surface area contributed by atoms with Gasteiger partial charge in [-0.15, -0.1) is 0 Å². The maximum absolute atomic E-state index is 10.5. The van der Waals surface area contributed by atoms with Crippen molar-refractivity contribution in [3.05, 3.63) is 11.6 Å². The first kappa shape index (κ1) is 15.0. The lowest BCUT2D eigenvalue weighted by molar-refractivity contribution is 0.0205. The second-order valence-electron chi connectivity index (χ2n) is 6.65. The van der Waals surface area contributed by atoms with Crippen molar-refractivity contribution in [1.82, 2.24) is 0 Å². The fourth-order valence-electron chi connectivity index (χ4n) is 3.15. The molecule has 4 heteroatoms. The normalized spacial score (nSPS) is 50.3. The second kappa shape index (κ2) is 5.17. The van der Waals surface area contributed by atoms with Gasteiger partial charge in [0.25, 0.3) is 0 Å². The predicted molar refractivity (Wildman–Crippen MR) is 72.6 cm³/mol. The molecule has 0 bridgehead atoms. The fourth-order valence-corrected chi connectivity index (χ4v) is 3.15. The van der Waals surface area contributed by atoms with E-state index in [4.69, 9.17) is 4.74 Å². The molecule has 1 saturated heterocycles. The van der Waals surface area contributed by atoms with Crippen LogP contribution in [0.15, 0.2) is 11.6 Å². The van der Waals surface area contributed by atoms with E-state index in [0.29, 0.717) is 18.8 Å². The van der Waals surface area contributed by atoms with E-state index in [1.165, 1.54) is 0 Å². The highest BCUT2D eigenvalue weighted by molar-refractivity contribution is 5.14. The van der Waals surface area contributed by atoms with Crippen molar-refractivity contribution in [2.24, 2.45) is 11.8 Å². The van der Waals surface area contributed by atoms with Crippen LogP contribution in [0.1, 0.15) is 40.5 Å². The van der Waals surface area contributed by atoms with Crippen LogP contribution >= 0.6 is 0 Å². The molecule has 0 amide bonds. The summed E-state index contributed by atoms with van der Waals surface area (Å²) in [7, 11) is 0. The summed E-state index contributed by atoms with van der Waals surface area (Å²) < 4.78 is 5.64. The van der Waals surface area contributed by atoms with E-state index in [0.717, 1.165) is 5.57 Å². The molecule has 1 aliphatic heterocycles. The number of aliphatic hydroxyl groups is 3. The first-order valence-electron chi connectivity index (χ1n) is 7.15. The highest BCUT2D eigenvalue weighted by Crippen LogP contribution is 2.46. The maximum atomic E-state index is 10.5. The molecule has 4 nitrogen and oxygen atoms in total. The van der Waals surface area contributed by atoms with Crippen molar-refractivity contribution >= 4 is 0 Å². The molecule has 2 aliphatic rings. The highest BCUT2D eigenvalue weighted by Gasteiger charge is 2.58. The van der Waals surface area contributed by atoms with Gasteiger partial charge in [-0.25, -0.2) is 0 Å². The number of aliphatic hydroxyl groups excluding tert-OH is 3. The number of rotatable bonds is 1. The molecule has 6 atom stereocenters. The summed E-state index contributed by atoms with van der Waals surface area (Å²) >= 11 is 0. The summed E-state index contributed by atoms with van der Waals surface area (Å²) in [6.45, 7) is 7.91. The zero-order valence-corrected chi connectivity index (χ0v) is 12.2. The fraction of sp³-hybridized carbons (Fsp3) is 0.867. The first-order valence-corrected chi connectivity index (χ1v) is 7.15. The molecule has 0 aromatic carbocycles. The van der Waals surface area contributed by atoms with Crippen LogP contribution in [0.5, 0.6) is 0 Å². The molecule has 0 radical (unpaired) electrons. The summed E-state index contributed by atoms with van der Waals surface area (Å²) in [5.41, 5.74) is 0.262. The van der Waals surface area contributed by atoms with Gasteiger partial charge in [0, 0.05) is 6.42 Å². The zero-order chi connectivity index (χ0) is 14.4. The van der Waals surface area contributed by atoms with Crippen molar-refractivity contribution in [3.63, 3.8) is 0 Å². The lowest BCUT2D eigenvalue weighted by Gasteiger charge is -2.28. The number of fused-ring (bicyclic) bond motifs is 1. The van der Waals surface area contributed by atoms with E-state index in [2.05, 4.69) is 13.8 Å². The van der Waals surface area contributed by atoms with E-state index in [-0.39, 0.29) is 12.0 Å². The van der Waals surface area contributed by atoms with E-state index < -0.39 is 23.9 Å². The SMILES string of the molecule is C/C1=C/C[C@@H](C(C)C)[C@@H](O)[C@@H]2O[C@@]2(C)C[C@@H](O)[C@@H]1O. The van der Waals surface area contributed by atoms with Gasteiger partial charge in [0.05, 0.1) is 17.8 Å². The van der Waals surface area contributed by atoms with Gasteiger partial charge in [-0.1, -0.05) is 19.9 Å². The average molecular weight is 270 g/mol. The number of epoxide rings is 1. The lowest BCUT2D eigenvalue weighted by atomic mass is 9.80. The predicted octanol–water partition coefficient (Wildman–Crippen LogP) is 1.24. The number of ether oxygens (including phenoxy) is 1. The zero-order valence-electron chi connectivity index (χ0n) is 12.2. The quantitative estimate of drug-likeness (QED) is 0.495. The summed E-state index contributed by atoms with van der Waals surface area (Å²) in [6.07, 6.45) is 0.562. The van der Waals surface area contributed by atoms with Crippen LogP contribution < -0.4 is 0 Å². The molecule has 0 saturated carbocycles. The number of hydrogen-bond donors (Lipinski definition) is 3. The summed E-state index contributed by atoms with van der Waals surface area (Å²) in [5, 5.41) is 30.6. The van der Waals surface area contributed by atoms with Gasteiger partial charge in [-0.05, 0) is 37.7 Å². The molecular formula is C15H26O4. The Morgan fingerprint density at radius 3 is 2.53 bits per heavy atom. The van der Waals surface area contributed by atoms with Crippen LogP contribution in [0.2, 0.25) is 0 Å². The van der Waals surface area contributed by atoms with Crippen molar-refractivity contribution in [1.29, 1.82) is 0 Å². The Hall–Kier alpha value is -0.420. The Morgan fingerprint density at radius 2 is 1.95 bits per heavy atom. The molecule has 1 heterocycles. The molecule has 0 aromatic rings. The average Bonchev–Trinajstić information content (AvgIpc) is 2.98. The Kier molecular flexibility index (Phi) is 4.07. The van der Waals surface area contributed by atoms with E-state index in [1.807, 2.05) is 19.9 Å². The smallest absolute Gasteiger partial charge is 0.113 e. The minimum atomic E-state index is -0.843. The molecule has 3 N–H and O–H groups in total. The Balaban J connectivity index is 2.26. The van der Waals surface area contributed by atoms with Crippen molar-refractivity contribution in [3.8, 4) is 0 Å². The van der Waals surface area contributed by atoms with Gasteiger partial charge in [0.2, 0.25) is 0 Å². The van der Waals surface area contributed by atoms with Gasteiger partial charge in [-0.2, -0.15) is 0 Å². The van der Waals surface area contributed by atoms with Gasteiger partial charge in [0.1, 0.15) is 12.2 Å². The first-order chi connectivity index (χ1) is 8.76. The Labute approximate surface area is 115 Å². The van der Waals surface area contributed by atoms with E-state index in [9.17, 15) is 15.3 Å². The number of hydrogen-bond acceptors (Lipinski definition) is 4. The summed E-state index contributed by atoms with van der Waals surface area (Å²) in [5.74, 6) is 0.457. The topological polar surface area (TPSA) is 73.2 Å². The monoisotopic (exact) mass is 270 g/mol. The minimum Gasteiger partial charge on any atom is -0.390 e. The Morgan fingerprint density at radius 1 is 1.32 bits per heavy atom. The summed E-state index contributed by atoms with van der Waals surface area (Å²) in [6, 6.07) is 0. The molecule has 1 aliphatic carbocycles. The van der Waals surface area contributed by atoms with Gasteiger partial charge in [-0.3, -0.25) is 0 Å². The van der Waals surface area contributed by atoms with Crippen molar-refractivity contribution in [2.45, 2.75) is 70.6 Å². The molecule has 2 rings (SSSR count). The standard InChI is InChI=1S/C15H26O4/c1-8(2)10-6-5-9(3)12(17)11(16)7-15(4)14(19-15)13(10)18/h5,8,10-14,16-18H,6-7H2,1-4H3/b9-5-/t10-,11+,12+,13+,14-,15-/m0/s1. The van der Waals surface area contributed by atoms with Crippen molar-refractivity contribution < 1.29 is 20.1 Å². The highest BCUT2D eigenvalue weighted by atomic mass is 16.6. The van der Waals surface area contributed by atoms with Crippen molar-refractivity contribution in [2.75, 3.05) is 0 Å². The molecule has 0 aromatic heterocycles. The third kappa shape index (κ3) is 2.87. The lowest BCUT2D eigenvalue weighted by Crippen LogP contribution is -2.38. The number of allylic oxidation sites excluding steroid dienone is 1. The maximum Gasteiger partial charge on any atom is 0.113 e. The van der Waals surface area contributed by atoms with E-state index >= 15 is 0 Å². The minimum absolute atomic E-state index is 0.115. The van der Waals surface area contributed by atoms with E-state index in [1.54, 1.807) is 0 Å². The molecule has 19 heavy (non-hydrogen) atoms. The van der Waals surface area contributed by atoms with Gasteiger partial charge >= 0.3 is 0 Å². The van der Waals surface area contributed by atoms with Crippen LogP contribution in [-0.2, 0) is 4.74 Å². The van der Waals surface area contributed by atoms with Gasteiger partial charge < -0.3 is 20.1 Å². The van der Waals surface area contributed by atoms with Gasteiger partial charge in [0.15, 0.2) is 0 Å². The second-order valence-corrected chi connectivity index (χ2v) is 6.65. The summed E-state index contributed by atoms with van der Waals surface area (Å²) in [4.78, 5) is 0. The van der Waals surface area contributed by atoms with Crippen LogP contribution in [-0.4, -0.2) is 45.3 Å².